The predicted molar refractivity (Wildman–Crippen MR) is 41.5 cm³/mol. The standard InChI is InChI=1S/C8H7F4NO2/c9-3-15-7-4(1-2-14)13-8(12)6(11)5(7)10/h14H,1-3H2. The molecule has 3 nitrogen and oxygen atoms in total. The van der Waals surface area contributed by atoms with Gasteiger partial charge in [0.25, 0.3) is 5.95 Å². The molecule has 0 aliphatic carbocycles. The van der Waals surface area contributed by atoms with Crippen LogP contribution in [0, 0.1) is 17.6 Å². The minimum absolute atomic E-state index is 0.260. The molecule has 1 aromatic rings. The van der Waals surface area contributed by atoms with Crippen LogP contribution >= 0.6 is 0 Å². The number of alkyl halides is 1. The maximum absolute atomic E-state index is 13.0. The Morgan fingerprint density at radius 3 is 2.40 bits per heavy atom. The Balaban J connectivity index is 3.23. The number of nitrogens with zero attached hydrogens (tertiary/aromatic N) is 1. The lowest BCUT2D eigenvalue weighted by atomic mass is 10.2. The molecule has 0 atom stereocenters. The van der Waals surface area contributed by atoms with Crippen molar-refractivity contribution in [3.05, 3.63) is 23.3 Å². The minimum Gasteiger partial charge on any atom is -0.458 e. The van der Waals surface area contributed by atoms with Gasteiger partial charge in [0.15, 0.2) is 5.75 Å². The number of aliphatic hydroxyl groups is 1. The van der Waals surface area contributed by atoms with E-state index in [2.05, 4.69) is 9.72 Å². The molecule has 0 amide bonds. The molecule has 1 N–H and O–H groups in total. The molecular formula is C8H7F4NO2. The third-order valence-electron chi connectivity index (χ3n) is 1.62. The highest BCUT2D eigenvalue weighted by Gasteiger charge is 2.21. The van der Waals surface area contributed by atoms with Gasteiger partial charge in [0.05, 0.1) is 5.69 Å². The second-order valence-electron chi connectivity index (χ2n) is 2.53. The molecule has 0 saturated heterocycles. The summed E-state index contributed by atoms with van der Waals surface area (Å²) in [5.41, 5.74) is -0.369. The number of hydrogen-bond donors (Lipinski definition) is 1. The molecule has 0 spiro atoms. The van der Waals surface area contributed by atoms with Gasteiger partial charge in [0.1, 0.15) is 0 Å². The maximum Gasteiger partial charge on any atom is 0.252 e. The number of aliphatic hydroxyl groups excluding tert-OH is 1. The van der Waals surface area contributed by atoms with Gasteiger partial charge >= 0.3 is 0 Å². The molecule has 0 unspecified atom stereocenters. The fourth-order valence-electron chi connectivity index (χ4n) is 1.01. The van der Waals surface area contributed by atoms with Crippen LogP contribution in [-0.4, -0.2) is 23.6 Å². The van der Waals surface area contributed by atoms with Crippen molar-refractivity contribution in [1.29, 1.82) is 0 Å². The quantitative estimate of drug-likeness (QED) is 0.621. The van der Waals surface area contributed by atoms with Gasteiger partial charge in [0, 0.05) is 13.0 Å². The smallest absolute Gasteiger partial charge is 0.252 e. The summed E-state index contributed by atoms with van der Waals surface area (Å²) in [5, 5.41) is 8.54. The van der Waals surface area contributed by atoms with Gasteiger partial charge in [-0.1, -0.05) is 0 Å². The number of pyridine rings is 1. The van der Waals surface area contributed by atoms with E-state index in [1.165, 1.54) is 0 Å². The number of halogens is 4. The summed E-state index contributed by atoms with van der Waals surface area (Å²) >= 11 is 0. The molecule has 84 valence electrons. The molecule has 0 radical (unpaired) electrons. The lowest BCUT2D eigenvalue weighted by Crippen LogP contribution is -2.08. The van der Waals surface area contributed by atoms with Crippen LogP contribution in [0.2, 0.25) is 0 Å². The number of aromatic nitrogens is 1. The van der Waals surface area contributed by atoms with Crippen molar-refractivity contribution in [2.45, 2.75) is 6.42 Å². The van der Waals surface area contributed by atoms with E-state index in [-0.39, 0.29) is 12.1 Å². The molecule has 1 aromatic heterocycles. The van der Waals surface area contributed by atoms with Crippen LogP contribution < -0.4 is 4.74 Å². The van der Waals surface area contributed by atoms with Crippen LogP contribution in [-0.2, 0) is 6.42 Å². The van der Waals surface area contributed by atoms with E-state index < -0.39 is 36.8 Å². The van der Waals surface area contributed by atoms with Crippen molar-refractivity contribution in [2.24, 2.45) is 0 Å². The van der Waals surface area contributed by atoms with Crippen LogP contribution in [0.15, 0.2) is 0 Å². The third kappa shape index (κ3) is 2.35. The first-order valence-corrected chi connectivity index (χ1v) is 3.94. The Labute approximate surface area is 82.3 Å². The summed E-state index contributed by atoms with van der Waals surface area (Å²) in [6, 6.07) is 0. The van der Waals surface area contributed by atoms with E-state index in [0.717, 1.165) is 0 Å². The van der Waals surface area contributed by atoms with Crippen molar-refractivity contribution in [1.82, 2.24) is 4.98 Å². The molecule has 15 heavy (non-hydrogen) atoms. The Bertz CT molecular complexity index is 359. The molecule has 1 rings (SSSR count). The summed E-state index contributed by atoms with van der Waals surface area (Å²) in [6.07, 6.45) is -0.260. The fraction of sp³-hybridized carbons (Fsp3) is 0.375. The van der Waals surface area contributed by atoms with Crippen molar-refractivity contribution in [2.75, 3.05) is 13.5 Å². The van der Waals surface area contributed by atoms with Crippen molar-refractivity contribution >= 4 is 0 Å². The van der Waals surface area contributed by atoms with E-state index in [9.17, 15) is 17.6 Å². The summed E-state index contributed by atoms with van der Waals surface area (Å²) in [7, 11) is 0. The van der Waals surface area contributed by atoms with Crippen LogP contribution in [0.1, 0.15) is 5.69 Å². The topological polar surface area (TPSA) is 42.4 Å². The Morgan fingerprint density at radius 1 is 1.20 bits per heavy atom. The lowest BCUT2D eigenvalue weighted by molar-refractivity contribution is 0.176. The number of rotatable bonds is 4. The zero-order chi connectivity index (χ0) is 11.4. The summed E-state index contributed by atoms with van der Waals surface area (Å²) in [6.45, 7) is -1.87. The van der Waals surface area contributed by atoms with E-state index in [1.807, 2.05) is 0 Å². The lowest BCUT2D eigenvalue weighted by Gasteiger charge is -2.08. The van der Waals surface area contributed by atoms with Crippen LogP contribution in [0.25, 0.3) is 0 Å². The van der Waals surface area contributed by atoms with Gasteiger partial charge < -0.3 is 9.84 Å². The molecule has 1 heterocycles. The first kappa shape index (κ1) is 11.7. The second-order valence-corrected chi connectivity index (χ2v) is 2.53. The predicted octanol–water partition coefficient (Wildman–Crippen LogP) is 1.34. The van der Waals surface area contributed by atoms with Crippen molar-refractivity contribution < 1.29 is 27.4 Å². The SMILES string of the molecule is OCCc1nc(F)c(F)c(F)c1OCF. The molecule has 0 aliphatic rings. The maximum atomic E-state index is 13.0. The largest absolute Gasteiger partial charge is 0.458 e. The zero-order valence-corrected chi connectivity index (χ0v) is 7.44. The van der Waals surface area contributed by atoms with Gasteiger partial charge in [-0.3, -0.25) is 0 Å². The minimum atomic E-state index is -1.83. The first-order valence-electron chi connectivity index (χ1n) is 3.94. The highest BCUT2D eigenvalue weighted by atomic mass is 19.2. The monoisotopic (exact) mass is 225 g/mol. The van der Waals surface area contributed by atoms with Gasteiger partial charge in [0.2, 0.25) is 18.5 Å². The van der Waals surface area contributed by atoms with Crippen molar-refractivity contribution in [3.8, 4) is 5.75 Å². The summed E-state index contributed by atoms with van der Waals surface area (Å²) in [5.74, 6) is -5.95. The Hall–Kier alpha value is -1.37. The van der Waals surface area contributed by atoms with E-state index >= 15 is 0 Å². The summed E-state index contributed by atoms with van der Waals surface area (Å²) < 4.78 is 54.2. The second kappa shape index (κ2) is 4.92. The highest BCUT2D eigenvalue weighted by Crippen LogP contribution is 2.25. The average molecular weight is 225 g/mol. The van der Waals surface area contributed by atoms with Crippen LogP contribution in [0.3, 0.4) is 0 Å². The van der Waals surface area contributed by atoms with Gasteiger partial charge in [-0.15, -0.1) is 0 Å². The Morgan fingerprint density at radius 2 is 1.87 bits per heavy atom. The van der Waals surface area contributed by atoms with Gasteiger partial charge in [-0.05, 0) is 0 Å². The molecular weight excluding hydrogens is 218 g/mol. The summed E-state index contributed by atoms with van der Waals surface area (Å²) in [4.78, 5) is 3.01. The molecule has 0 saturated carbocycles. The first-order chi connectivity index (χ1) is 7.11. The molecule has 0 fully saturated rings. The highest BCUT2D eigenvalue weighted by molar-refractivity contribution is 5.30. The number of hydrogen-bond acceptors (Lipinski definition) is 3. The van der Waals surface area contributed by atoms with E-state index in [1.54, 1.807) is 0 Å². The normalized spacial score (nSPS) is 10.5. The van der Waals surface area contributed by atoms with Gasteiger partial charge in [-0.2, -0.15) is 13.2 Å². The van der Waals surface area contributed by atoms with E-state index in [0.29, 0.717) is 0 Å². The van der Waals surface area contributed by atoms with Crippen LogP contribution in [0.4, 0.5) is 17.6 Å². The van der Waals surface area contributed by atoms with Crippen LogP contribution in [0.5, 0.6) is 5.75 Å². The molecule has 0 aromatic carbocycles. The molecule has 0 bridgehead atoms. The molecule has 0 aliphatic heterocycles. The van der Waals surface area contributed by atoms with E-state index in [4.69, 9.17) is 5.11 Å². The number of ether oxygens (including phenoxy) is 1. The zero-order valence-electron chi connectivity index (χ0n) is 7.44. The van der Waals surface area contributed by atoms with Crippen molar-refractivity contribution in [3.63, 3.8) is 0 Å². The average Bonchev–Trinajstić information content (AvgIpc) is 2.21. The molecule has 7 heteroatoms. The third-order valence-corrected chi connectivity index (χ3v) is 1.62. The van der Waals surface area contributed by atoms with Gasteiger partial charge in [-0.25, -0.2) is 9.37 Å². The Kier molecular flexibility index (Phi) is 3.84. The fourth-order valence-corrected chi connectivity index (χ4v) is 1.01.